The summed E-state index contributed by atoms with van der Waals surface area (Å²) < 4.78 is 108. The Labute approximate surface area is 225 Å². The molecule has 38 heavy (non-hydrogen) atoms. The Hall–Kier alpha value is -1.63. The highest BCUT2D eigenvalue weighted by molar-refractivity contribution is 6.74. The summed E-state index contributed by atoms with van der Waals surface area (Å²) in [5.74, 6) is 0. The largest absolute Gasteiger partial charge is 0.424 e. The SMILES string of the molecule is CC[Si](CC)(CC)OC(c1ccccc1)(C(F)(F)F)C(O[Si](CC)(CC)CC)(c1ccccc1)C(F)(F)F. The first-order valence-corrected chi connectivity index (χ1v) is 18.4. The molecule has 2 atom stereocenters. The first-order valence-electron chi connectivity index (χ1n) is 13.4. The fraction of sp³-hybridized carbons (Fsp3) is 0.571. The van der Waals surface area contributed by atoms with Gasteiger partial charge in [-0.15, -0.1) is 0 Å². The van der Waals surface area contributed by atoms with Crippen LogP contribution in [0.3, 0.4) is 0 Å². The molecule has 2 unspecified atom stereocenters. The van der Waals surface area contributed by atoms with Gasteiger partial charge in [-0.1, -0.05) is 102 Å². The van der Waals surface area contributed by atoms with Crippen LogP contribution in [0, 0.1) is 0 Å². The fourth-order valence-electron chi connectivity index (χ4n) is 5.44. The van der Waals surface area contributed by atoms with Gasteiger partial charge >= 0.3 is 12.4 Å². The predicted octanol–water partition coefficient (Wildman–Crippen LogP) is 9.95. The summed E-state index contributed by atoms with van der Waals surface area (Å²) in [4.78, 5) is 0. The van der Waals surface area contributed by atoms with Crippen molar-refractivity contribution in [2.45, 2.75) is 101 Å². The Balaban J connectivity index is 3.31. The minimum absolute atomic E-state index is 0.227. The van der Waals surface area contributed by atoms with Gasteiger partial charge < -0.3 is 8.85 Å². The smallest absolute Gasteiger partial charge is 0.397 e. The lowest BCUT2D eigenvalue weighted by molar-refractivity contribution is -0.387. The van der Waals surface area contributed by atoms with E-state index in [1.54, 1.807) is 41.5 Å². The highest BCUT2D eigenvalue weighted by Crippen LogP contribution is 2.64. The molecule has 2 rings (SSSR count). The molecule has 0 heterocycles. The first-order chi connectivity index (χ1) is 17.7. The summed E-state index contributed by atoms with van der Waals surface area (Å²) in [6.45, 7) is 10.2. The Morgan fingerprint density at radius 2 is 0.711 bits per heavy atom. The average molecular weight is 579 g/mol. The number of hydrogen-bond acceptors (Lipinski definition) is 2. The molecule has 0 amide bonds. The first kappa shape index (κ1) is 32.6. The second kappa shape index (κ2) is 12.3. The van der Waals surface area contributed by atoms with Gasteiger partial charge in [0, 0.05) is 0 Å². The van der Waals surface area contributed by atoms with E-state index in [1.807, 2.05) is 0 Å². The number of hydrogen-bond donors (Lipinski definition) is 0. The van der Waals surface area contributed by atoms with Crippen molar-refractivity contribution in [3.8, 4) is 0 Å². The van der Waals surface area contributed by atoms with Crippen LogP contribution in [0.25, 0.3) is 0 Å². The predicted molar refractivity (Wildman–Crippen MR) is 145 cm³/mol. The summed E-state index contributed by atoms with van der Waals surface area (Å²) in [6.07, 6.45) is -11.0. The molecule has 0 fully saturated rings. The van der Waals surface area contributed by atoms with Gasteiger partial charge in [-0.3, -0.25) is 0 Å². The normalized spacial score (nSPS) is 16.6. The van der Waals surface area contributed by atoms with E-state index in [-0.39, 0.29) is 36.3 Å². The number of halogens is 6. The second-order valence-corrected chi connectivity index (χ2v) is 19.2. The maximum Gasteiger partial charge on any atom is 0.424 e. The van der Waals surface area contributed by atoms with Gasteiger partial charge in [0.2, 0.25) is 11.2 Å². The van der Waals surface area contributed by atoms with E-state index in [0.29, 0.717) is 0 Å². The minimum Gasteiger partial charge on any atom is -0.397 e. The fourth-order valence-corrected chi connectivity index (χ4v) is 11.4. The molecule has 0 bridgehead atoms. The molecule has 214 valence electrons. The van der Waals surface area contributed by atoms with E-state index in [4.69, 9.17) is 8.85 Å². The molecule has 0 aliphatic carbocycles. The monoisotopic (exact) mass is 578 g/mol. The molecule has 0 saturated carbocycles. The molecule has 0 saturated heterocycles. The van der Waals surface area contributed by atoms with Crippen molar-refractivity contribution < 1.29 is 35.2 Å². The summed E-state index contributed by atoms with van der Waals surface area (Å²) in [5.41, 5.74) is -8.86. The van der Waals surface area contributed by atoms with E-state index in [9.17, 15) is 0 Å². The van der Waals surface area contributed by atoms with Crippen molar-refractivity contribution in [2.24, 2.45) is 0 Å². The molecule has 0 N–H and O–H groups in total. The van der Waals surface area contributed by atoms with Gasteiger partial charge in [0.25, 0.3) is 0 Å². The van der Waals surface area contributed by atoms with E-state index in [2.05, 4.69) is 0 Å². The lowest BCUT2D eigenvalue weighted by Gasteiger charge is -2.57. The van der Waals surface area contributed by atoms with Gasteiger partial charge in [0.1, 0.15) is 0 Å². The van der Waals surface area contributed by atoms with Gasteiger partial charge in [-0.25, -0.2) is 0 Å². The molecular weight excluding hydrogens is 538 g/mol. The van der Waals surface area contributed by atoms with Crippen LogP contribution >= 0.6 is 0 Å². The van der Waals surface area contributed by atoms with Crippen molar-refractivity contribution in [1.29, 1.82) is 0 Å². The lowest BCUT2D eigenvalue weighted by atomic mass is 9.72. The third-order valence-corrected chi connectivity index (χ3v) is 17.5. The summed E-state index contributed by atoms with van der Waals surface area (Å²) >= 11 is 0. The van der Waals surface area contributed by atoms with Crippen LogP contribution in [0.1, 0.15) is 52.7 Å². The zero-order chi connectivity index (χ0) is 28.9. The van der Waals surface area contributed by atoms with E-state index < -0.39 is 51.3 Å². The Morgan fingerprint density at radius 1 is 0.474 bits per heavy atom. The Morgan fingerprint density at radius 3 is 0.895 bits per heavy atom. The van der Waals surface area contributed by atoms with Crippen LogP contribution in [0.2, 0.25) is 36.3 Å². The highest BCUT2D eigenvalue weighted by atomic mass is 28.4. The molecule has 0 aliphatic rings. The van der Waals surface area contributed by atoms with Gasteiger partial charge in [0.05, 0.1) is 0 Å². The second-order valence-electron chi connectivity index (χ2n) is 9.78. The maximum absolute atomic E-state index is 15.9. The number of benzene rings is 2. The number of alkyl halides is 6. The van der Waals surface area contributed by atoms with Crippen LogP contribution in [0.5, 0.6) is 0 Å². The lowest BCUT2D eigenvalue weighted by Crippen LogP contribution is -2.72. The van der Waals surface area contributed by atoms with Crippen LogP contribution in [0.15, 0.2) is 60.7 Å². The van der Waals surface area contributed by atoms with Crippen molar-refractivity contribution >= 4 is 16.6 Å². The van der Waals surface area contributed by atoms with Gasteiger partial charge in [-0.2, -0.15) is 26.3 Å². The third-order valence-electron chi connectivity index (χ3n) is 8.26. The third kappa shape index (κ3) is 5.51. The molecule has 0 radical (unpaired) electrons. The zero-order valence-electron chi connectivity index (χ0n) is 23.1. The highest BCUT2D eigenvalue weighted by Gasteiger charge is 2.81. The summed E-state index contributed by atoms with van der Waals surface area (Å²) in [7, 11) is -6.71. The Bertz CT molecular complexity index is 894. The van der Waals surface area contributed by atoms with Gasteiger partial charge in [0.15, 0.2) is 16.6 Å². The van der Waals surface area contributed by atoms with Crippen LogP contribution in [-0.4, -0.2) is 29.0 Å². The number of rotatable bonds is 13. The van der Waals surface area contributed by atoms with Crippen molar-refractivity contribution in [3.05, 3.63) is 71.8 Å². The van der Waals surface area contributed by atoms with Gasteiger partial charge in [-0.05, 0) is 47.4 Å². The van der Waals surface area contributed by atoms with Crippen molar-refractivity contribution in [2.75, 3.05) is 0 Å². The maximum atomic E-state index is 15.9. The van der Waals surface area contributed by atoms with E-state index in [1.165, 1.54) is 36.4 Å². The minimum atomic E-state index is -5.48. The summed E-state index contributed by atoms with van der Waals surface area (Å²) in [6, 6.07) is 14.0. The molecule has 2 nitrogen and oxygen atoms in total. The van der Waals surface area contributed by atoms with E-state index >= 15 is 26.3 Å². The molecule has 10 heteroatoms. The van der Waals surface area contributed by atoms with Crippen molar-refractivity contribution in [1.82, 2.24) is 0 Å². The molecule has 0 aromatic heterocycles. The molecule has 0 aliphatic heterocycles. The molecule has 2 aromatic rings. The molecule has 0 spiro atoms. The van der Waals surface area contributed by atoms with Crippen LogP contribution in [0.4, 0.5) is 26.3 Å². The standard InChI is InChI=1S/C28H40F6O2Si2/c1-7-37(8-2,9-3)35-25(27(29,30)31,23-19-15-13-16-20-23)26(28(32,33)34,24-21-17-14-18-22-24)36-38(10-4,11-5)12-6/h13-22H,7-12H2,1-6H3. The van der Waals surface area contributed by atoms with Crippen LogP contribution in [-0.2, 0) is 20.1 Å². The molecule has 2 aromatic carbocycles. The molecular formula is C28H40F6O2Si2. The Kier molecular flexibility index (Phi) is 10.5. The zero-order valence-corrected chi connectivity index (χ0v) is 25.1. The quantitative estimate of drug-likeness (QED) is 0.174. The summed E-state index contributed by atoms with van der Waals surface area (Å²) in [5, 5.41) is 0. The van der Waals surface area contributed by atoms with E-state index in [0.717, 1.165) is 24.3 Å². The topological polar surface area (TPSA) is 18.5 Å². The van der Waals surface area contributed by atoms with Crippen LogP contribution < -0.4 is 0 Å². The average Bonchev–Trinajstić information content (AvgIpc) is 2.91. The van der Waals surface area contributed by atoms with Crippen molar-refractivity contribution in [3.63, 3.8) is 0 Å².